The van der Waals surface area contributed by atoms with Gasteiger partial charge in [0.05, 0.1) is 6.54 Å². The number of imide groups is 1. The molecule has 9 heteroatoms. The summed E-state index contributed by atoms with van der Waals surface area (Å²) in [5.74, 6) is -1.66. The van der Waals surface area contributed by atoms with Crippen LogP contribution in [0.1, 0.15) is 44.2 Å². The van der Waals surface area contributed by atoms with Gasteiger partial charge >= 0.3 is 6.03 Å². The van der Waals surface area contributed by atoms with Crippen LogP contribution in [-0.2, 0) is 26.5 Å². The zero-order valence-corrected chi connectivity index (χ0v) is 19.6. The van der Waals surface area contributed by atoms with Gasteiger partial charge in [-0.1, -0.05) is 19.9 Å². The molecule has 0 aliphatic carbocycles. The summed E-state index contributed by atoms with van der Waals surface area (Å²) in [6, 6.07) is 5.03. The van der Waals surface area contributed by atoms with E-state index >= 15 is 0 Å². The number of nitrogens with one attached hydrogen (secondary N) is 1. The molecule has 2 aromatic heterocycles. The van der Waals surface area contributed by atoms with Crippen LogP contribution in [-0.4, -0.2) is 51.5 Å². The van der Waals surface area contributed by atoms with Crippen LogP contribution >= 0.6 is 11.3 Å². The van der Waals surface area contributed by atoms with Crippen LogP contribution in [0.3, 0.4) is 0 Å². The maximum absolute atomic E-state index is 13.8. The van der Waals surface area contributed by atoms with E-state index in [2.05, 4.69) is 10.3 Å². The Morgan fingerprint density at radius 3 is 2.64 bits per heavy atom. The third kappa shape index (κ3) is 4.17. The highest BCUT2D eigenvalue weighted by Gasteiger charge is 2.57. The zero-order valence-electron chi connectivity index (χ0n) is 18.8. The van der Waals surface area contributed by atoms with Crippen LogP contribution in [0.2, 0.25) is 0 Å². The normalized spacial score (nSPS) is 22.4. The Morgan fingerprint density at radius 2 is 2.03 bits per heavy atom. The van der Waals surface area contributed by atoms with Gasteiger partial charge in [-0.15, -0.1) is 0 Å². The van der Waals surface area contributed by atoms with E-state index < -0.39 is 17.5 Å². The summed E-state index contributed by atoms with van der Waals surface area (Å²) in [6.45, 7) is 4.58. The Morgan fingerprint density at radius 1 is 1.27 bits per heavy atom. The first-order valence-electron chi connectivity index (χ1n) is 11.3. The van der Waals surface area contributed by atoms with Crippen molar-refractivity contribution < 1.29 is 19.2 Å². The number of thiophene rings is 1. The largest absolute Gasteiger partial charge is 0.336 e. The van der Waals surface area contributed by atoms with Gasteiger partial charge in [-0.3, -0.25) is 24.3 Å². The average molecular weight is 469 g/mol. The third-order valence-corrected chi connectivity index (χ3v) is 7.57. The van der Waals surface area contributed by atoms with Crippen molar-refractivity contribution in [1.29, 1.82) is 0 Å². The van der Waals surface area contributed by atoms with Crippen LogP contribution in [0.15, 0.2) is 41.4 Å². The summed E-state index contributed by atoms with van der Waals surface area (Å²) in [7, 11) is 0. The molecule has 0 spiro atoms. The maximum Gasteiger partial charge on any atom is 0.325 e. The molecule has 4 rings (SSSR count). The second-order valence-corrected chi connectivity index (χ2v) is 9.52. The van der Waals surface area contributed by atoms with Crippen molar-refractivity contribution in [2.24, 2.45) is 11.8 Å². The molecule has 2 unspecified atom stereocenters. The van der Waals surface area contributed by atoms with Crippen molar-refractivity contribution in [1.82, 2.24) is 20.1 Å². The fraction of sp³-hybridized carbons (Fsp3) is 0.458. The molecule has 2 saturated heterocycles. The first-order valence-corrected chi connectivity index (χ1v) is 12.2. The van der Waals surface area contributed by atoms with E-state index in [0.717, 1.165) is 5.56 Å². The van der Waals surface area contributed by atoms with Gasteiger partial charge in [0.2, 0.25) is 5.78 Å². The number of carbonyl (C=O) groups is 4. The van der Waals surface area contributed by atoms with Gasteiger partial charge in [-0.25, -0.2) is 4.79 Å². The van der Waals surface area contributed by atoms with Crippen molar-refractivity contribution in [2.45, 2.75) is 45.2 Å². The molecule has 2 aliphatic rings. The number of likely N-dealkylation sites (tertiary alicyclic amines) is 1. The van der Waals surface area contributed by atoms with Crippen LogP contribution in [0, 0.1) is 11.8 Å². The van der Waals surface area contributed by atoms with E-state index in [-0.39, 0.29) is 30.1 Å². The monoisotopic (exact) mass is 468 g/mol. The number of amides is 4. The van der Waals surface area contributed by atoms with Gasteiger partial charge in [0.25, 0.3) is 11.8 Å². The van der Waals surface area contributed by atoms with Crippen molar-refractivity contribution >= 4 is 35.0 Å². The number of ketones is 1. The smallest absolute Gasteiger partial charge is 0.325 e. The van der Waals surface area contributed by atoms with Crippen molar-refractivity contribution in [2.75, 3.05) is 13.1 Å². The van der Waals surface area contributed by atoms with E-state index in [1.807, 2.05) is 29.8 Å². The molecular weight excluding hydrogens is 440 g/mol. The Balaban J connectivity index is 1.58. The predicted molar refractivity (Wildman–Crippen MR) is 123 cm³/mol. The second-order valence-electron chi connectivity index (χ2n) is 8.74. The lowest BCUT2D eigenvalue weighted by molar-refractivity contribution is -0.148. The molecular formula is C24H28N4O4S. The number of piperidine rings is 1. The zero-order chi connectivity index (χ0) is 23.6. The lowest BCUT2D eigenvalue weighted by Gasteiger charge is -2.41. The van der Waals surface area contributed by atoms with E-state index in [1.54, 1.807) is 30.3 Å². The van der Waals surface area contributed by atoms with Crippen LogP contribution in [0.4, 0.5) is 4.79 Å². The minimum Gasteiger partial charge on any atom is -0.336 e. The van der Waals surface area contributed by atoms with E-state index in [1.165, 1.54) is 16.2 Å². The molecule has 1 N–H and O–H groups in total. The Kier molecular flexibility index (Phi) is 6.60. The summed E-state index contributed by atoms with van der Waals surface area (Å²) in [4.78, 5) is 58.8. The highest BCUT2D eigenvalue weighted by Crippen LogP contribution is 2.41. The summed E-state index contributed by atoms with van der Waals surface area (Å²) >= 11 is 1.51. The molecule has 8 nitrogen and oxygen atoms in total. The molecule has 2 aromatic rings. The SMILES string of the molecule is CCC(C)C(=O)C(=O)N1CCC(C2(c3cccnc3)NC(=O)N(Cc3ccsc3)C2=O)CC1. The van der Waals surface area contributed by atoms with Gasteiger partial charge in [-0.05, 0) is 53.6 Å². The van der Waals surface area contributed by atoms with Crippen LogP contribution in [0.25, 0.3) is 0 Å². The van der Waals surface area contributed by atoms with Gasteiger partial charge in [0, 0.05) is 37.0 Å². The fourth-order valence-electron chi connectivity index (χ4n) is 4.68. The lowest BCUT2D eigenvalue weighted by Crippen LogP contribution is -2.55. The fourth-order valence-corrected chi connectivity index (χ4v) is 5.34. The lowest BCUT2D eigenvalue weighted by atomic mass is 9.73. The molecule has 2 aliphatic heterocycles. The highest BCUT2D eigenvalue weighted by atomic mass is 32.1. The highest BCUT2D eigenvalue weighted by molar-refractivity contribution is 7.07. The van der Waals surface area contributed by atoms with Crippen molar-refractivity contribution in [3.05, 3.63) is 52.5 Å². The number of carbonyl (C=O) groups excluding carboxylic acids is 4. The van der Waals surface area contributed by atoms with Gasteiger partial charge in [0.15, 0.2) is 5.54 Å². The number of aromatic nitrogens is 1. The number of nitrogens with zero attached hydrogens (tertiary/aromatic N) is 3. The topological polar surface area (TPSA) is 99.7 Å². The van der Waals surface area contributed by atoms with E-state index in [0.29, 0.717) is 37.9 Å². The van der Waals surface area contributed by atoms with E-state index in [9.17, 15) is 19.2 Å². The molecule has 4 amide bonds. The summed E-state index contributed by atoms with van der Waals surface area (Å²) in [5, 5.41) is 6.82. The van der Waals surface area contributed by atoms with Crippen LogP contribution < -0.4 is 5.32 Å². The first-order chi connectivity index (χ1) is 15.9. The van der Waals surface area contributed by atoms with Crippen molar-refractivity contribution in [3.8, 4) is 0 Å². The molecule has 0 aromatic carbocycles. The Hall–Kier alpha value is -3.07. The molecule has 0 bridgehead atoms. The molecule has 0 saturated carbocycles. The maximum atomic E-state index is 13.8. The Bertz CT molecular complexity index is 1030. The minimum absolute atomic E-state index is 0.205. The second kappa shape index (κ2) is 9.43. The van der Waals surface area contributed by atoms with Gasteiger partial charge in [-0.2, -0.15) is 11.3 Å². The minimum atomic E-state index is -1.24. The molecule has 33 heavy (non-hydrogen) atoms. The predicted octanol–water partition coefficient (Wildman–Crippen LogP) is 2.94. The van der Waals surface area contributed by atoms with Crippen molar-refractivity contribution in [3.63, 3.8) is 0 Å². The molecule has 174 valence electrons. The summed E-state index contributed by atoms with van der Waals surface area (Å²) in [6.07, 6.45) is 4.85. The first kappa shape index (κ1) is 23.1. The number of urea groups is 1. The van der Waals surface area contributed by atoms with Gasteiger partial charge in [0.1, 0.15) is 0 Å². The molecule has 0 radical (unpaired) electrons. The van der Waals surface area contributed by atoms with Gasteiger partial charge < -0.3 is 10.2 Å². The molecule has 2 atom stereocenters. The number of hydrogen-bond acceptors (Lipinski definition) is 6. The van der Waals surface area contributed by atoms with E-state index in [4.69, 9.17) is 0 Å². The standard InChI is InChI=1S/C24H28N4O4S/c1-3-16(2)20(29)21(30)27-10-6-18(7-11-27)24(19-5-4-9-25-13-19)22(31)28(23(32)26-24)14-17-8-12-33-15-17/h4-5,8-9,12-13,15-16,18H,3,6-7,10-11,14H2,1-2H3,(H,26,32). The number of Topliss-reactive ketones (excluding diaryl/α,β-unsaturated/α-hetero) is 1. The molecule has 4 heterocycles. The van der Waals surface area contributed by atoms with Crippen LogP contribution in [0.5, 0.6) is 0 Å². The average Bonchev–Trinajstić information content (AvgIpc) is 3.46. The number of rotatable bonds is 7. The summed E-state index contributed by atoms with van der Waals surface area (Å²) in [5.41, 5.74) is 0.295. The third-order valence-electron chi connectivity index (χ3n) is 6.83. The Labute approximate surface area is 197 Å². The number of hydrogen-bond donors (Lipinski definition) is 1. The molecule has 2 fully saturated rings. The summed E-state index contributed by atoms with van der Waals surface area (Å²) < 4.78 is 0. The number of pyridine rings is 1. The quantitative estimate of drug-likeness (QED) is 0.498.